The Bertz CT molecular complexity index is 424. The second-order valence-electron chi connectivity index (χ2n) is 6.09. The smallest absolute Gasteiger partial charge is 0.191 e. The number of nitrogens with zero attached hydrogens (tertiary/aromatic N) is 2. The molecule has 22 heavy (non-hydrogen) atoms. The fourth-order valence-electron chi connectivity index (χ4n) is 3.07. The van der Waals surface area contributed by atoms with Crippen LogP contribution in [0.5, 0.6) is 0 Å². The minimum atomic E-state index is 0.624. The Kier molecular flexibility index (Phi) is 7.78. The molecule has 0 unspecified atom stereocenters. The van der Waals surface area contributed by atoms with E-state index in [4.69, 9.17) is 0 Å². The first-order chi connectivity index (χ1) is 10.9. The molecule has 0 bridgehead atoms. The summed E-state index contributed by atoms with van der Waals surface area (Å²) in [6, 6.07) is 5.94. The van der Waals surface area contributed by atoms with Crippen molar-refractivity contribution in [2.75, 3.05) is 13.1 Å². The number of hydrogen-bond donors (Lipinski definition) is 2. The third kappa shape index (κ3) is 6.46. The average Bonchev–Trinajstić information content (AvgIpc) is 2.58. The van der Waals surface area contributed by atoms with E-state index in [1.54, 1.807) is 0 Å². The van der Waals surface area contributed by atoms with Gasteiger partial charge in [-0.05, 0) is 37.8 Å². The van der Waals surface area contributed by atoms with Crippen LogP contribution in [0.25, 0.3) is 0 Å². The van der Waals surface area contributed by atoms with Crippen molar-refractivity contribution in [1.29, 1.82) is 0 Å². The maximum absolute atomic E-state index is 4.60. The summed E-state index contributed by atoms with van der Waals surface area (Å²) in [5.74, 6) is 1.86. The van der Waals surface area contributed by atoms with Crippen LogP contribution in [0.15, 0.2) is 29.4 Å². The molecule has 122 valence electrons. The number of aromatic nitrogens is 1. The molecule has 4 heteroatoms. The zero-order valence-corrected chi connectivity index (χ0v) is 13.9. The van der Waals surface area contributed by atoms with Gasteiger partial charge in [-0.1, -0.05) is 38.2 Å². The minimum absolute atomic E-state index is 0.624. The Morgan fingerprint density at radius 2 is 2.09 bits per heavy atom. The van der Waals surface area contributed by atoms with Gasteiger partial charge in [0.1, 0.15) is 0 Å². The van der Waals surface area contributed by atoms with E-state index in [-0.39, 0.29) is 0 Å². The van der Waals surface area contributed by atoms with Crippen LogP contribution in [-0.4, -0.2) is 24.0 Å². The molecule has 0 aromatic carbocycles. The van der Waals surface area contributed by atoms with Crippen molar-refractivity contribution in [3.8, 4) is 0 Å². The standard InChI is InChI=1S/C18H30N4/c1-2-19-18(22-15-17-12-6-7-13-20-17)21-14-8-11-16-9-4-3-5-10-16/h6-7,12-13,16H,2-5,8-11,14-15H2,1H3,(H2,19,21,22). The Labute approximate surface area is 134 Å². The first-order valence-electron chi connectivity index (χ1n) is 8.80. The number of pyridine rings is 1. The lowest BCUT2D eigenvalue weighted by Crippen LogP contribution is -2.37. The molecule has 4 nitrogen and oxygen atoms in total. The molecule has 0 saturated heterocycles. The Balaban J connectivity index is 1.69. The van der Waals surface area contributed by atoms with Crippen LogP contribution in [0.4, 0.5) is 0 Å². The quantitative estimate of drug-likeness (QED) is 0.460. The van der Waals surface area contributed by atoms with Crippen LogP contribution in [-0.2, 0) is 6.54 Å². The lowest BCUT2D eigenvalue weighted by molar-refractivity contribution is 0.332. The number of nitrogens with one attached hydrogen (secondary N) is 2. The van der Waals surface area contributed by atoms with E-state index in [1.807, 2.05) is 24.4 Å². The summed E-state index contributed by atoms with van der Waals surface area (Å²) < 4.78 is 0. The predicted octanol–water partition coefficient (Wildman–Crippen LogP) is 3.50. The Morgan fingerprint density at radius 3 is 2.82 bits per heavy atom. The number of hydrogen-bond acceptors (Lipinski definition) is 2. The van der Waals surface area contributed by atoms with Gasteiger partial charge in [0.2, 0.25) is 0 Å². The van der Waals surface area contributed by atoms with E-state index in [9.17, 15) is 0 Å². The highest BCUT2D eigenvalue weighted by atomic mass is 15.2. The summed E-state index contributed by atoms with van der Waals surface area (Å²) in [7, 11) is 0. The minimum Gasteiger partial charge on any atom is -0.357 e. The molecule has 0 atom stereocenters. The molecule has 1 saturated carbocycles. The molecule has 1 aromatic rings. The highest BCUT2D eigenvalue weighted by Crippen LogP contribution is 2.26. The van der Waals surface area contributed by atoms with E-state index in [2.05, 4.69) is 27.5 Å². The van der Waals surface area contributed by atoms with E-state index < -0.39 is 0 Å². The normalized spacial score (nSPS) is 16.5. The van der Waals surface area contributed by atoms with Crippen LogP contribution >= 0.6 is 0 Å². The first kappa shape index (κ1) is 16.8. The van der Waals surface area contributed by atoms with Crippen molar-refractivity contribution in [2.45, 2.75) is 58.4 Å². The van der Waals surface area contributed by atoms with Gasteiger partial charge < -0.3 is 10.6 Å². The molecular weight excluding hydrogens is 272 g/mol. The predicted molar refractivity (Wildman–Crippen MR) is 92.9 cm³/mol. The van der Waals surface area contributed by atoms with Crippen molar-refractivity contribution in [2.24, 2.45) is 10.9 Å². The van der Waals surface area contributed by atoms with Crippen LogP contribution in [0.2, 0.25) is 0 Å². The van der Waals surface area contributed by atoms with Gasteiger partial charge in [-0.3, -0.25) is 4.98 Å². The summed E-state index contributed by atoms with van der Waals surface area (Å²) in [4.78, 5) is 8.91. The zero-order valence-electron chi connectivity index (χ0n) is 13.9. The maximum Gasteiger partial charge on any atom is 0.191 e. The third-order valence-corrected chi connectivity index (χ3v) is 4.28. The van der Waals surface area contributed by atoms with Crippen molar-refractivity contribution in [3.63, 3.8) is 0 Å². The van der Waals surface area contributed by atoms with Gasteiger partial charge in [0.05, 0.1) is 12.2 Å². The molecule has 1 heterocycles. The Morgan fingerprint density at radius 1 is 1.23 bits per heavy atom. The Hall–Kier alpha value is -1.58. The second-order valence-corrected chi connectivity index (χ2v) is 6.09. The monoisotopic (exact) mass is 302 g/mol. The molecule has 2 rings (SSSR count). The molecule has 1 aromatic heterocycles. The third-order valence-electron chi connectivity index (χ3n) is 4.28. The highest BCUT2D eigenvalue weighted by molar-refractivity contribution is 5.79. The van der Waals surface area contributed by atoms with Gasteiger partial charge in [-0.15, -0.1) is 0 Å². The summed E-state index contributed by atoms with van der Waals surface area (Å²) in [5, 5.41) is 6.74. The average molecular weight is 302 g/mol. The van der Waals surface area contributed by atoms with E-state index in [0.29, 0.717) is 6.54 Å². The van der Waals surface area contributed by atoms with Gasteiger partial charge in [-0.25, -0.2) is 4.99 Å². The fourth-order valence-corrected chi connectivity index (χ4v) is 3.07. The molecule has 1 aliphatic carbocycles. The molecule has 1 aliphatic rings. The summed E-state index contributed by atoms with van der Waals surface area (Å²) in [6.45, 7) is 4.61. The fraction of sp³-hybridized carbons (Fsp3) is 0.667. The van der Waals surface area contributed by atoms with E-state index in [1.165, 1.54) is 44.9 Å². The zero-order chi connectivity index (χ0) is 15.5. The SMILES string of the molecule is CCNC(=NCc1ccccn1)NCCCC1CCCCC1. The van der Waals surface area contributed by atoms with Crippen LogP contribution in [0.3, 0.4) is 0 Å². The molecule has 0 amide bonds. The maximum atomic E-state index is 4.60. The van der Waals surface area contributed by atoms with Crippen LogP contribution < -0.4 is 10.6 Å². The van der Waals surface area contributed by atoms with Crippen LogP contribution in [0.1, 0.15) is 57.6 Å². The van der Waals surface area contributed by atoms with Gasteiger partial charge in [0.25, 0.3) is 0 Å². The molecule has 0 radical (unpaired) electrons. The second kappa shape index (κ2) is 10.2. The largest absolute Gasteiger partial charge is 0.357 e. The first-order valence-corrected chi connectivity index (χ1v) is 8.80. The molecule has 0 aliphatic heterocycles. The van der Waals surface area contributed by atoms with Crippen LogP contribution in [0, 0.1) is 5.92 Å². The number of rotatable bonds is 7. The molecule has 2 N–H and O–H groups in total. The van der Waals surface area contributed by atoms with E-state index in [0.717, 1.165) is 30.7 Å². The summed E-state index contributed by atoms with van der Waals surface area (Å²) in [5.41, 5.74) is 1.00. The topological polar surface area (TPSA) is 49.3 Å². The van der Waals surface area contributed by atoms with E-state index >= 15 is 0 Å². The molecular formula is C18H30N4. The van der Waals surface area contributed by atoms with Crippen molar-refractivity contribution in [1.82, 2.24) is 15.6 Å². The summed E-state index contributed by atoms with van der Waals surface area (Å²) >= 11 is 0. The van der Waals surface area contributed by atoms with Crippen molar-refractivity contribution < 1.29 is 0 Å². The van der Waals surface area contributed by atoms with Crippen molar-refractivity contribution in [3.05, 3.63) is 30.1 Å². The molecule has 0 spiro atoms. The van der Waals surface area contributed by atoms with Gasteiger partial charge in [-0.2, -0.15) is 0 Å². The van der Waals surface area contributed by atoms with Gasteiger partial charge >= 0.3 is 0 Å². The van der Waals surface area contributed by atoms with Gasteiger partial charge in [0, 0.05) is 19.3 Å². The van der Waals surface area contributed by atoms with Gasteiger partial charge in [0.15, 0.2) is 5.96 Å². The van der Waals surface area contributed by atoms with Crippen molar-refractivity contribution >= 4 is 5.96 Å². The lowest BCUT2D eigenvalue weighted by atomic mass is 9.86. The number of guanidine groups is 1. The highest BCUT2D eigenvalue weighted by Gasteiger charge is 2.12. The molecule has 1 fully saturated rings. The summed E-state index contributed by atoms with van der Waals surface area (Å²) in [6.07, 6.45) is 11.6. The number of aliphatic imine (C=N–C) groups is 1. The lowest BCUT2D eigenvalue weighted by Gasteiger charge is -2.21.